The number of thioether (sulfide) groups is 1. The van der Waals surface area contributed by atoms with Gasteiger partial charge in [-0.05, 0) is 26.2 Å². The summed E-state index contributed by atoms with van der Waals surface area (Å²) in [6.07, 6.45) is 1.74. The number of amides is 2. The summed E-state index contributed by atoms with van der Waals surface area (Å²) in [6, 6.07) is 1.52. The first-order valence-corrected chi connectivity index (χ1v) is 8.42. The Morgan fingerprint density at radius 3 is 2.70 bits per heavy atom. The van der Waals surface area contributed by atoms with Crippen LogP contribution in [0.3, 0.4) is 0 Å². The van der Waals surface area contributed by atoms with Gasteiger partial charge in [-0.3, -0.25) is 14.4 Å². The van der Waals surface area contributed by atoms with Crippen molar-refractivity contribution < 1.29 is 24.0 Å². The molecular weight excluding hydrogens is 322 g/mol. The molecule has 23 heavy (non-hydrogen) atoms. The summed E-state index contributed by atoms with van der Waals surface area (Å²) in [5, 5.41) is 17.9. The van der Waals surface area contributed by atoms with Gasteiger partial charge in [0.15, 0.2) is 5.82 Å². The molecule has 2 rings (SSSR count). The Labute approximate surface area is 137 Å². The van der Waals surface area contributed by atoms with Crippen LogP contribution in [0.2, 0.25) is 0 Å². The summed E-state index contributed by atoms with van der Waals surface area (Å²) in [7, 11) is 0. The van der Waals surface area contributed by atoms with Gasteiger partial charge in [0.05, 0.1) is 17.4 Å². The van der Waals surface area contributed by atoms with Crippen molar-refractivity contribution >= 4 is 35.4 Å². The molecule has 0 radical (unpaired) electrons. The minimum absolute atomic E-state index is 0.0869. The summed E-state index contributed by atoms with van der Waals surface area (Å²) < 4.78 is 4.83. The predicted molar refractivity (Wildman–Crippen MR) is 84.1 cm³/mol. The van der Waals surface area contributed by atoms with Crippen molar-refractivity contribution in [2.24, 2.45) is 5.92 Å². The van der Waals surface area contributed by atoms with E-state index in [4.69, 9.17) is 9.63 Å². The van der Waals surface area contributed by atoms with Gasteiger partial charge in [0, 0.05) is 12.1 Å². The highest BCUT2D eigenvalue weighted by atomic mass is 32.2. The van der Waals surface area contributed by atoms with Crippen molar-refractivity contribution in [3.05, 3.63) is 11.8 Å². The Balaban J connectivity index is 1.61. The van der Waals surface area contributed by atoms with Gasteiger partial charge in [0.2, 0.25) is 11.8 Å². The molecule has 2 amide bonds. The average molecular weight is 341 g/mol. The number of rotatable bonds is 7. The van der Waals surface area contributed by atoms with Crippen molar-refractivity contribution in [1.29, 1.82) is 0 Å². The lowest BCUT2D eigenvalue weighted by Gasteiger charge is -2.12. The molecule has 0 aliphatic heterocycles. The van der Waals surface area contributed by atoms with E-state index in [1.807, 2.05) is 0 Å². The van der Waals surface area contributed by atoms with E-state index in [0.29, 0.717) is 30.8 Å². The summed E-state index contributed by atoms with van der Waals surface area (Å²) in [4.78, 5) is 34.3. The number of carbonyl (C=O) groups is 3. The Kier molecular flexibility index (Phi) is 6.03. The second kappa shape index (κ2) is 8.00. The molecule has 0 aromatic carbocycles. The number of aliphatic carboxylic acids is 1. The zero-order valence-electron chi connectivity index (χ0n) is 12.7. The fourth-order valence-electron chi connectivity index (χ4n) is 2.45. The molecule has 0 saturated heterocycles. The quantitative estimate of drug-likeness (QED) is 0.677. The van der Waals surface area contributed by atoms with Crippen LogP contribution in [-0.4, -0.2) is 45.6 Å². The maximum Gasteiger partial charge on any atom is 0.306 e. The first-order chi connectivity index (χ1) is 10.9. The molecule has 1 aromatic rings. The number of hydrogen-bond acceptors (Lipinski definition) is 6. The molecular formula is C14H19N3O5S. The van der Waals surface area contributed by atoms with Gasteiger partial charge in [0.1, 0.15) is 5.76 Å². The van der Waals surface area contributed by atoms with Crippen molar-refractivity contribution in [2.75, 3.05) is 16.8 Å². The SMILES string of the molecule is Cc1cc(NC(=O)CSCC(=O)N[C@@H]2CC[C@H](C(=O)O)C2)no1. The number of nitrogens with zero attached hydrogens (tertiary/aromatic N) is 1. The van der Waals surface area contributed by atoms with Crippen LogP contribution < -0.4 is 10.6 Å². The van der Waals surface area contributed by atoms with Gasteiger partial charge in [-0.2, -0.15) is 0 Å². The summed E-state index contributed by atoms with van der Waals surface area (Å²) >= 11 is 1.19. The Hall–Kier alpha value is -2.03. The molecule has 1 saturated carbocycles. The van der Waals surface area contributed by atoms with Crippen LogP contribution in [0.15, 0.2) is 10.6 Å². The van der Waals surface area contributed by atoms with Gasteiger partial charge in [-0.1, -0.05) is 5.16 Å². The van der Waals surface area contributed by atoms with Gasteiger partial charge in [-0.25, -0.2) is 0 Å². The maximum absolute atomic E-state index is 11.8. The first kappa shape index (κ1) is 17.3. The fraction of sp³-hybridized carbons (Fsp3) is 0.571. The summed E-state index contributed by atoms with van der Waals surface area (Å²) in [5.41, 5.74) is 0. The van der Waals surface area contributed by atoms with E-state index in [-0.39, 0.29) is 35.3 Å². The van der Waals surface area contributed by atoms with E-state index < -0.39 is 5.97 Å². The monoisotopic (exact) mass is 341 g/mol. The van der Waals surface area contributed by atoms with Crippen molar-refractivity contribution in [3.63, 3.8) is 0 Å². The second-order valence-electron chi connectivity index (χ2n) is 5.48. The lowest BCUT2D eigenvalue weighted by atomic mass is 10.1. The van der Waals surface area contributed by atoms with E-state index in [1.165, 1.54) is 11.8 Å². The summed E-state index contributed by atoms with van der Waals surface area (Å²) in [5.74, 6) is -0.396. The molecule has 126 valence electrons. The lowest BCUT2D eigenvalue weighted by Crippen LogP contribution is -2.34. The van der Waals surface area contributed by atoms with Crippen LogP contribution in [0.25, 0.3) is 0 Å². The highest BCUT2D eigenvalue weighted by Gasteiger charge is 2.30. The molecule has 1 heterocycles. The van der Waals surface area contributed by atoms with E-state index in [1.54, 1.807) is 13.0 Å². The van der Waals surface area contributed by atoms with Gasteiger partial charge < -0.3 is 20.3 Å². The van der Waals surface area contributed by atoms with Gasteiger partial charge in [-0.15, -0.1) is 11.8 Å². The van der Waals surface area contributed by atoms with Crippen LogP contribution in [0, 0.1) is 12.8 Å². The van der Waals surface area contributed by atoms with E-state index >= 15 is 0 Å². The number of aryl methyl sites for hydroxylation is 1. The molecule has 1 aromatic heterocycles. The van der Waals surface area contributed by atoms with Crippen LogP contribution in [0.4, 0.5) is 5.82 Å². The lowest BCUT2D eigenvalue weighted by molar-refractivity contribution is -0.141. The molecule has 8 nitrogen and oxygen atoms in total. The standard InChI is InChI=1S/C14H19N3O5S/c1-8-4-11(17-22-8)16-13(19)7-23-6-12(18)15-10-3-2-9(5-10)14(20)21/h4,9-10H,2-3,5-7H2,1H3,(H,15,18)(H,20,21)(H,16,17,19)/t9-,10+/m0/s1. The molecule has 0 spiro atoms. The molecule has 0 unspecified atom stereocenters. The summed E-state index contributed by atoms with van der Waals surface area (Å²) in [6.45, 7) is 1.72. The number of nitrogens with one attached hydrogen (secondary N) is 2. The van der Waals surface area contributed by atoms with E-state index in [0.717, 1.165) is 0 Å². The van der Waals surface area contributed by atoms with E-state index in [9.17, 15) is 14.4 Å². The third-order valence-corrected chi connectivity index (χ3v) is 4.44. The Bertz CT molecular complexity index is 589. The van der Waals surface area contributed by atoms with Gasteiger partial charge in [0.25, 0.3) is 0 Å². The number of hydrogen-bond donors (Lipinski definition) is 3. The molecule has 9 heteroatoms. The normalized spacial score (nSPS) is 20.2. The molecule has 2 atom stereocenters. The molecule has 1 aliphatic carbocycles. The molecule has 1 fully saturated rings. The third kappa shape index (κ3) is 5.59. The van der Waals surface area contributed by atoms with Crippen molar-refractivity contribution in [2.45, 2.75) is 32.2 Å². The predicted octanol–water partition coefficient (Wildman–Crippen LogP) is 1.02. The number of anilines is 1. The van der Waals surface area contributed by atoms with Crippen LogP contribution >= 0.6 is 11.8 Å². The topological polar surface area (TPSA) is 122 Å². The maximum atomic E-state index is 11.8. The van der Waals surface area contributed by atoms with E-state index in [2.05, 4.69) is 15.8 Å². The fourth-order valence-corrected chi connectivity index (χ4v) is 3.08. The highest BCUT2D eigenvalue weighted by Crippen LogP contribution is 2.25. The first-order valence-electron chi connectivity index (χ1n) is 7.27. The van der Waals surface area contributed by atoms with Crippen LogP contribution in [0.5, 0.6) is 0 Å². The number of carboxylic acid groups (broad SMARTS) is 1. The largest absolute Gasteiger partial charge is 0.481 e. The minimum Gasteiger partial charge on any atom is -0.481 e. The van der Waals surface area contributed by atoms with Crippen molar-refractivity contribution in [1.82, 2.24) is 10.5 Å². The molecule has 3 N–H and O–H groups in total. The van der Waals surface area contributed by atoms with Crippen LogP contribution in [0.1, 0.15) is 25.0 Å². The minimum atomic E-state index is -0.809. The van der Waals surface area contributed by atoms with Crippen molar-refractivity contribution in [3.8, 4) is 0 Å². The highest BCUT2D eigenvalue weighted by molar-refractivity contribution is 8.00. The Morgan fingerprint density at radius 1 is 1.35 bits per heavy atom. The third-order valence-electron chi connectivity index (χ3n) is 3.51. The molecule has 1 aliphatic rings. The number of aromatic nitrogens is 1. The zero-order chi connectivity index (χ0) is 16.8. The second-order valence-corrected chi connectivity index (χ2v) is 6.46. The number of carbonyl (C=O) groups excluding carboxylic acids is 2. The smallest absolute Gasteiger partial charge is 0.306 e. The number of carboxylic acids is 1. The van der Waals surface area contributed by atoms with Gasteiger partial charge >= 0.3 is 5.97 Å². The Morgan fingerprint density at radius 2 is 2.09 bits per heavy atom. The zero-order valence-corrected chi connectivity index (χ0v) is 13.5. The van der Waals surface area contributed by atoms with Crippen LogP contribution in [-0.2, 0) is 14.4 Å². The molecule has 0 bridgehead atoms. The average Bonchev–Trinajstić information content (AvgIpc) is 3.08.